The van der Waals surface area contributed by atoms with E-state index in [0.29, 0.717) is 12.3 Å². The van der Waals surface area contributed by atoms with E-state index in [1.807, 2.05) is 0 Å². The second-order valence-electron chi connectivity index (χ2n) is 4.26. The monoisotopic (exact) mass is 203 g/mol. The highest BCUT2D eigenvalue weighted by Crippen LogP contribution is 2.28. The molecule has 2 atom stereocenters. The van der Waals surface area contributed by atoms with Crippen molar-refractivity contribution in [2.75, 3.05) is 0 Å². The highest BCUT2D eigenvalue weighted by molar-refractivity contribution is 5.80. The lowest BCUT2D eigenvalue weighted by Gasteiger charge is -2.14. The molecule has 1 fully saturated rings. The minimum Gasteiger partial charge on any atom is -0.353 e. The van der Waals surface area contributed by atoms with E-state index in [9.17, 15) is 4.79 Å². The molecule has 0 saturated carbocycles. The smallest absolute Gasteiger partial charge is 0.220 e. The average molecular weight is 203 g/mol. The number of rotatable bonds is 2. The minimum absolute atomic E-state index is 0.173. The summed E-state index contributed by atoms with van der Waals surface area (Å²) in [4.78, 5) is 11.2. The van der Waals surface area contributed by atoms with Crippen molar-refractivity contribution in [1.29, 1.82) is 0 Å². The zero-order chi connectivity index (χ0) is 10.8. The van der Waals surface area contributed by atoms with E-state index in [4.69, 9.17) is 0 Å². The van der Waals surface area contributed by atoms with Gasteiger partial charge in [0.1, 0.15) is 0 Å². The second-order valence-corrected chi connectivity index (χ2v) is 4.26. The van der Waals surface area contributed by atoms with Crippen LogP contribution in [0.15, 0.2) is 24.3 Å². The maximum absolute atomic E-state index is 11.2. The zero-order valence-electron chi connectivity index (χ0n) is 9.29. The highest BCUT2D eigenvalue weighted by atomic mass is 16.1. The Morgan fingerprint density at radius 1 is 1.33 bits per heavy atom. The van der Waals surface area contributed by atoms with Crippen LogP contribution >= 0.6 is 0 Å². The topological polar surface area (TPSA) is 29.1 Å². The van der Waals surface area contributed by atoms with Gasteiger partial charge in [-0.3, -0.25) is 4.79 Å². The Bertz CT molecular complexity index is 355. The first-order valence-electron chi connectivity index (χ1n) is 5.59. The lowest BCUT2D eigenvalue weighted by Crippen LogP contribution is -2.24. The van der Waals surface area contributed by atoms with E-state index in [-0.39, 0.29) is 11.9 Å². The lowest BCUT2D eigenvalue weighted by molar-refractivity contribution is -0.119. The summed E-state index contributed by atoms with van der Waals surface area (Å²) >= 11 is 0. The third-order valence-electron chi connectivity index (χ3n) is 3.21. The Balaban J connectivity index is 2.19. The van der Waals surface area contributed by atoms with Gasteiger partial charge in [-0.15, -0.1) is 0 Å². The molecule has 2 rings (SSSR count). The third-order valence-corrected chi connectivity index (χ3v) is 3.21. The molecule has 1 heterocycles. The fourth-order valence-electron chi connectivity index (χ4n) is 2.20. The van der Waals surface area contributed by atoms with Gasteiger partial charge in [-0.2, -0.15) is 0 Å². The Hall–Kier alpha value is -1.31. The van der Waals surface area contributed by atoms with Crippen LogP contribution in [-0.2, 0) is 11.2 Å². The predicted octanol–water partition coefficient (Wildman–Crippen LogP) is 2.24. The first-order chi connectivity index (χ1) is 7.20. The van der Waals surface area contributed by atoms with E-state index >= 15 is 0 Å². The van der Waals surface area contributed by atoms with Crippen LogP contribution in [-0.4, -0.2) is 11.9 Å². The van der Waals surface area contributed by atoms with Crippen LogP contribution in [0.3, 0.4) is 0 Å². The first-order valence-corrected chi connectivity index (χ1v) is 5.59. The second kappa shape index (κ2) is 4.05. The van der Waals surface area contributed by atoms with Gasteiger partial charge in [-0.05, 0) is 24.5 Å². The maximum Gasteiger partial charge on any atom is 0.220 e. The van der Waals surface area contributed by atoms with Gasteiger partial charge < -0.3 is 5.32 Å². The van der Waals surface area contributed by atoms with Crippen molar-refractivity contribution in [2.24, 2.45) is 0 Å². The van der Waals surface area contributed by atoms with Crippen molar-refractivity contribution in [3.63, 3.8) is 0 Å². The van der Waals surface area contributed by atoms with Crippen molar-refractivity contribution in [3.8, 4) is 0 Å². The largest absolute Gasteiger partial charge is 0.353 e. The van der Waals surface area contributed by atoms with Gasteiger partial charge in [0.2, 0.25) is 5.91 Å². The number of benzene rings is 1. The number of hydrogen-bond donors (Lipinski definition) is 1. The molecule has 1 N–H and O–H groups in total. The number of carbonyl (C=O) groups is 1. The molecule has 2 heteroatoms. The van der Waals surface area contributed by atoms with Crippen molar-refractivity contribution in [2.45, 2.75) is 38.6 Å². The molecule has 1 saturated heterocycles. The molecule has 0 bridgehead atoms. The van der Waals surface area contributed by atoms with Gasteiger partial charge >= 0.3 is 0 Å². The molecule has 80 valence electrons. The number of nitrogens with one attached hydrogen (secondary N) is 1. The van der Waals surface area contributed by atoms with E-state index in [2.05, 4.69) is 43.4 Å². The molecule has 1 aromatic carbocycles. The number of hydrogen-bond acceptors (Lipinski definition) is 1. The molecular formula is C13H17NO. The van der Waals surface area contributed by atoms with Crippen molar-refractivity contribution < 1.29 is 4.79 Å². The van der Waals surface area contributed by atoms with E-state index < -0.39 is 0 Å². The number of carbonyl (C=O) groups excluding carboxylic acids is 1. The van der Waals surface area contributed by atoms with Crippen LogP contribution in [0, 0.1) is 0 Å². The van der Waals surface area contributed by atoms with Crippen LogP contribution in [0.4, 0.5) is 0 Å². The fraction of sp³-hybridized carbons (Fsp3) is 0.462. The van der Waals surface area contributed by atoms with Gasteiger partial charge in [0.15, 0.2) is 0 Å². The molecule has 0 aliphatic carbocycles. The number of amides is 1. The summed E-state index contributed by atoms with van der Waals surface area (Å²) in [7, 11) is 0. The molecule has 0 radical (unpaired) electrons. The molecular weight excluding hydrogens is 186 g/mol. The lowest BCUT2D eigenvalue weighted by atomic mass is 9.92. The van der Waals surface area contributed by atoms with Crippen LogP contribution < -0.4 is 5.32 Å². The van der Waals surface area contributed by atoms with E-state index in [1.54, 1.807) is 0 Å². The van der Waals surface area contributed by atoms with Crippen LogP contribution in [0.25, 0.3) is 0 Å². The van der Waals surface area contributed by atoms with Gasteiger partial charge in [0, 0.05) is 18.4 Å². The summed E-state index contributed by atoms with van der Waals surface area (Å²) in [6.07, 6.45) is 1.70. The predicted molar refractivity (Wildman–Crippen MR) is 60.8 cm³/mol. The molecule has 0 spiro atoms. The average Bonchev–Trinajstić information content (AvgIpc) is 2.58. The Morgan fingerprint density at radius 3 is 2.47 bits per heavy atom. The molecule has 1 amide bonds. The summed E-state index contributed by atoms with van der Waals surface area (Å²) in [6, 6.07) is 8.89. The zero-order valence-corrected chi connectivity index (χ0v) is 9.29. The van der Waals surface area contributed by atoms with Crippen molar-refractivity contribution in [1.82, 2.24) is 5.32 Å². The van der Waals surface area contributed by atoms with Crippen molar-refractivity contribution in [3.05, 3.63) is 35.4 Å². The third kappa shape index (κ3) is 2.04. The van der Waals surface area contributed by atoms with E-state index in [0.717, 1.165) is 6.42 Å². The highest BCUT2D eigenvalue weighted by Gasteiger charge is 2.29. The van der Waals surface area contributed by atoms with Crippen LogP contribution in [0.5, 0.6) is 0 Å². The summed E-state index contributed by atoms with van der Waals surface area (Å²) < 4.78 is 0. The molecule has 1 aromatic rings. The van der Waals surface area contributed by atoms with Crippen molar-refractivity contribution >= 4 is 5.91 Å². The van der Waals surface area contributed by atoms with Gasteiger partial charge in [-0.25, -0.2) is 0 Å². The molecule has 2 nitrogen and oxygen atoms in total. The summed E-state index contributed by atoms with van der Waals surface area (Å²) in [5, 5.41) is 2.95. The van der Waals surface area contributed by atoms with Gasteiger partial charge in [0.05, 0.1) is 0 Å². The summed E-state index contributed by atoms with van der Waals surface area (Å²) in [5.74, 6) is 0.524. The maximum atomic E-state index is 11.2. The Kier molecular flexibility index (Phi) is 2.76. The molecule has 1 aliphatic heterocycles. The SMILES string of the molecule is CCc1ccc(C2CC(=O)NC2C)cc1. The minimum atomic E-state index is 0.173. The molecule has 2 unspecified atom stereocenters. The quantitative estimate of drug-likeness (QED) is 0.784. The standard InChI is InChI=1S/C13H17NO/c1-3-10-4-6-11(7-5-10)12-8-13(15)14-9(12)2/h4-7,9,12H,3,8H2,1-2H3,(H,14,15). The Morgan fingerprint density at radius 2 is 2.00 bits per heavy atom. The fourth-order valence-corrected chi connectivity index (χ4v) is 2.20. The molecule has 15 heavy (non-hydrogen) atoms. The summed E-state index contributed by atoms with van der Waals surface area (Å²) in [6.45, 7) is 4.22. The normalized spacial score (nSPS) is 25.3. The first kappa shape index (κ1) is 10.2. The number of aryl methyl sites for hydroxylation is 1. The Labute approximate surface area is 90.7 Å². The summed E-state index contributed by atoms with van der Waals surface area (Å²) in [5.41, 5.74) is 2.63. The van der Waals surface area contributed by atoms with Gasteiger partial charge in [0.25, 0.3) is 0 Å². The van der Waals surface area contributed by atoms with Gasteiger partial charge in [-0.1, -0.05) is 31.2 Å². The van der Waals surface area contributed by atoms with Crippen LogP contribution in [0.2, 0.25) is 0 Å². The van der Waals surface area contributed by atoms with E-state index in [1.165, 1.54) is 11.1 Å². The van der Waals surface area contributed by atoms with Crippen LogP contribution in [0.1, 0.15) is 37.3 Å². The molecule has 1 aliphatic rings. The molecule has 0 aromatic heterocycles.